The van der Waals surface area contributed by atoms with Crippen LogP contribution in [0.25, 0.3) is 0 Å². The van der Waals surface area contributed by atoms with Crippen LogP contribution in [0.15, 0.2) is 30.3 Å². The second-order valence-corrected chi connectivity index (χ2v) is 2.25. The van der Waals surface area contributed by atoms with Crippen molar-refractivity contribution in [3.63, 3.8) is 0 Å². The SMILES string of the molecule is [Na+].[O-]Pc1ccccc1. The van der Waals surface area contributed by atoms with Gasteiger partial charge in [0.2, 0.25) is 0 Å². The number of benzene rings is 1. The molecule has 0 bridgehead atoms. The van der Waals surface area contributed by atoms with E-state index in [9.17, 15) is 4.89 Å². The first kappa shape index (κ1) is 9.61. The normalized spacial score (nSPS) is 9.44. The number of hydrogen-bond donors (Lipinski definition) is 0. The molecule has 0 N–H and O–H groups in total. The van der Waals surface area contributed by atoms with Gasteiger partial charge in [-0.1, -0.05) is 30.3 Å². The molecule has 0 aliphatic heterocycles. The topological polar surface area (TPSA) is 23.1 Å². The molecule has 0 saturated carbocycles. The Balaban J connectivity index is 0.000000640. The molecule has 1 unspecified atom stereocenters. The van der Waals surface area contributed by atoms with Crippen molar-refractivity contribution in [2.75, 3.05) is 0 Å². The van der Waals surface area contributed by atoms with Gasteiger partial charge < -0.3 is 4.89 Å². The van der Waals surface area contributed by atoms with Crippen LogP contribution >= 0.6 is 8.81 Å². The van der Waals surface area contributed by atoms with Gasteiger partial charge in [0.15, 0.2) is 0 Å². The maximum absolute atomic E-state index is 10.2. The van der Waals surface area contributed by atoms with E-state index in [4.69, 9.17) is 0 Å². The van der Waals surface area contributed by atoms with E-state index in [2.05, 4.69) is 0 Å². The molecular weight excluding hydrogens is 142 g/mol. The summed E-state index contributed by atoms with van der Waals surface area (Å²) in [7, 11) is -0.320. The van der Waals surface area contributed by atoms with Gasteiger partial charge in [-0.3, -0.25) is 0 Å². The molecule has 0 aliphatic rings. The standard InChI is InChI=1S/C6H6OP.Na/c7-8-6-4-2-1-3-5-6;/h1-5,8H;/q-1;+1. The van der Waals surface area contributed by atoms with E-state index in [1.807, 2.05) is 30.3 Å². The van der Waals surface area contributed by atoms with Crippen LogP contribution in [0.2, 0.25) is 0 Å². The van der Waals surface area contributed by atoms with Crippen molar-refractivity contribution in [3.05, 3.63) is 30.3 Å². The van der Waals surface area contributed by atoms with Crippen LogP contribution in [-0.4, -0.2) is 0 Å². The Morgan fingerprint density at radius 3 is 2.00 bits per heavy atom. The Labute approximate surface area is 78.6 Å². The fourth-order valence-electron chi connectivity index (χ4n) is 0.506. The molecule has 0 radical (unpaired) electrons. The van der Waals surface area contributed by atoms with Crippen molar-refractivity contribution < 1.29 is 34.5 Å². The Morgan fingerprint density at radius 2 is 1.67 bits per heavy atom. The summed E-state index contributed by atoms with van der Waals surface area (Å²) in [5.74, 6) is 0. The zero-order valence-corrected chi connectivity index (χ0v) is 8.29. The summed E-state index contributed by atoms with van der Waals surface area (Å²) < 4.78 is 0. The van der Waals surface area contributed by atoms with E-state index in [1.54, 1.807) is 0 Å². The molecule has 3 heteroatoms. The van der Waals surface area contributed by atoms with Crippen LogP contribution in [-0.2, 0) is 0 Å². The van der Waals surface area contributed by atoms with Crippen molar-refractivity contribution in [2.45, 2.75) is 0 Å². The molecular formula is C6H6NaOP. The van der Waals surface area contributed by atoms with Gasteiger partial charge in [-0.2, -0.15) is 8.81 Å². The summed E-state index contributed by atoms with van der Waals surface area (Å²) in [6.45, 7) is 0. The summed E-state index contributed by atoms with van der Waals surface area (Å²) in [5, 5.41) is 0.882. The third-order valence-corrected chi connectivity index (χ3v) is 1.46. The van der Waals surface area contributed by atoms with E-state index < -0.39 is 0 Å². The van der Waals surface area contributed by atoms with Gasteiger partial charge in [0.25, 0.3) is 0 Å². The first-order valence-electron chi connectivity index (χ1n) is 2.36. The van der Waals surface area contributed by atoms with Crippen molar-refractivity contribution in [2.24, 2.45) is 0 Å². The summed E-state index contributed by atoms with van der Waals surface area (Å²) in [6.07, 6.45) is 0. The van der Waals surface area contributed by atoms with Crippen LogP contribution in [0.3, 0.4) is 0 Å². The molecule has 1 aromatic carbocycles. The fourth-order valence-corrected chi connectivity index (χ4v) is 0.835. The van der Waals surface area contributed by atoms with Crippen molar-refractivity contribution in [1.82, 2.24) is 0 Å². The van der Waals surface area contributed by atoms with Crippen LogP contribution in [0, 0.1) is 0 Å². The summed E-state index contributed by atoms with van der Waals surface area (Å²) in [6, 6.07) is 9.33. The minimum Gasteiger partial charge on any atom is -0.828 e. The first-order chi connectivity index (χ1) is 3.93. The molecule has 9 heavy (non-hydrogen) atoms. The van der Waals surface area contributed by atoms with Gasteiger partial charge in [-0.15, -0.1) is 0 Å². The van der Waals surface area contributed by atoms with Crippen molar-refractivity contribution >= 4 is 14.1 Å². The van der Waals surface area contributed by atoms with E-state index in [0.29, 0.717) is 0 Å². The Kier molecular flexibility index (Phi) is 5.77. The minimum absolute atomic E-state index is 0. The van der Waals surface area contributed by atoms with E-state index in [0.717, 1.165) is 5.30 Å². The predicted molar refractivity (Wildman–Crippen MR) is 34.4 cm³/mol. The molecule has 0 amide bonds. The molecule has 0 fully saturated rings. The summed E-state index contributed by atoms with van der Waals surface area (Å²) in [5.41, 5.74) is 0. The van der Waals surface area contributed by atoms with Crippen LogP contribution in [0.5, 0.6) is 0 Å². The molecule has 0 heterocycles. The minimum atomic E-state index is -0.320. The zero-order chi connectivity index (χ0) is 5.82. The third-order valence-electron chi connectivity index (χ3n) is 0.892. The quantitative estimate of drug-likeness (QED) is 0.313. The van der Waals surface area contributed by atoms with Gasteiger partial charge in [0, 0.05) is 0 Å². The average Bonchev–Trinajstić information content (AvgIpc) is 1.90. The van der Waals surface area contributed by atoms with Crippen LogP contribution in [0.1, 0.15) is 0 Å². The van der Waals surface area contributed by atoms with Gasteiger partial charge in [0.1, 0.15) is 0 Å². The Morgan fingerprint density at radius 1 is 1.11 bits per heavy atom. The maximum atomic E-state index is 10.2. The molecule has 1 nitrogen and oxygen atoms in total. The molecule has 1 aromatic rings. The fraction of sp³-hybridized carbons (Fsp3) is 0. The monoisotopic (exact) mass is 148 g/mol. The zero-order valence-electron chi connectivity index (χ0n) is 5.29. The second kappa shape index (κ2) is 5.40. The first-order valence-corrected chi connectivity index (χ1v) is 3.27. The number of rotatable bonds is 1. The second-order valence-electron chi connectivity index (χ2n) is 1.47. The van der Waals surface area contributed by atoms with Gasteiger partial charge in [-0.25, -0.2) is 0 Å². The largest absolute Gasteiger partial charge is 1.00 e. The van der Waals surface area contributed by atoms with Gasteiger partial charge in [0.05, 0.1) is 0 Å². The summed E-state index contributed by atoms with van der Waals surface area (Å²) in [4.78, 5) is 10.2. The van der Waals surface area contributed by atoms with E-state index >= 15 is 0 Å². The van der Waals surface area contributed by atoms with Gasteiger partial charge in [-0.05, 0) is 5.30 Å². The molecule has 0 saturated heterocycles. The molecule has 0 aliphatic carbocycles. The maximum Gasteiger partial charge on any atom is 1.00 e. The molecule has 1 atom stereocenters. The van der Waals surface area contributed by atoms with Crippen molar-refractivity contribution in [3.8, 4) is 0 Å². The molecule has 0 aromatic heterocycles. The molecule has 0 spiro atoms. The van der Waals surface area contributed by atoms with Crippen LogP contribution < -0.4 is 39.8 Å². The van der Waals surface area contributed by atoms with Crippen LogP contribution in [0.4, 0.5) is 0 Å². The third kappa shape index (κ3) is 3.34. The van der Waals surface area contributed by atoms with E-state index in [-0.39, 0.29) is 38.4 Å². The average molecular weight is 148 g/mol. The molecule has 42 valence electrons. The van der Waals surface area contributed by atoms with Crippen molar-refractivity contribution in [1.29, 1.82) is 0 Å². The molecule has 1 rings (SSSR count). The van der Waals surface area contributed by atoms with Gasteiger partial charge >= 0.3 is 29.6 Å². The van der Waals surface area contributed by atoms with E-state index in [1.165, 1.54) is 0 Å². The predicted octanol–water partition coefficient (Wildman–Crippen LogP) is -2.73. The number of hydrogen-bond acceptors (Lipinski definition) is 1. The smallest absolute Gasteiger partial charge is 0.828 e. The Hall–Kier alpha value is 0.610. The Bertz CT molecular complexity index is 154. The summed E-state index contributed by atoms with van der Waals surface area (Å²) >= 11 is 0.